The third-order valence-corrected chi connectivity index (χ3v) is 5.50. The van der Waals surface area contributed by atoms with E-state index >= 15 is 0 Å². The lowest BCUT2D eigenvalue weighted by Crippen LogP contribution is -2.32. The maximum Gasteiger partial charge on any atom is 0.0576 e. The Hall–Kier alpha value is -0.220. The second-order valence-corrected chi connectivity index (χ2v) is 7.07. The van der Waals surface area contributed by atoms with Gasteiger partial charge in [0.25, 0.3) is 0 Å². The summed E-state index contributed by atoms with van der Waals surface area (Å²) >= 11 is 8.08. The molecule has 2 nitrogen and oxygen atoms in total. The van der Waals surface area contributed by atoms with E-state index in [0.717, 1.165) is 23.9 Å². The van der Waals surface area contributed by atoms with E-state index in [4.69, 9.17) is 16.3 Å². The fraction of sp³-hybridized carbons (Fsp3) is 0.647. The third-order valence-electron chi connectivity index (χ3n) is 3.82. The van der Waals surface area contributed by atoms with Crippen molar-refractivity contribution >= 4 is 23.4 Å². The van der Waals surface area contributed by atoms with Gasteiger partial charge in [-0.15, -0.1) is 11.8 Å². The van der Waals surface area contributed by atoms with Gasteiger partial charge in [-0.05, 0) is 50.8 Å². The van der Waals surface area contributed by atoms with E-state index in [9.17, 15) is 0 Å². The molecule has 2 atom stereocenters. The first kappa shape index (κ1) is 17.1. The first-order chi connectivity index (χ1) is 10.3. The van der Waals surface area contributed by atoms with Gasteiger partial charge in [0.15, 0.2) is 0 Å². The number of ether oxygens (including phenoxy) is 1. The number of nitrogens with one attached hydrogen (secondary N) is 1. The van der Waals surface area contributed by atoms with Crippen molar-refractivity contribution in [1.29, 1.82) is 0 Å². The summed E-state index contributed by atoms with van der Waals surface area (Å²) in [4.78, 5) is 1.18. The van der Waals surface area contributed by atoms with Gasteiger partial charge in [-0.1, -0.05) is 30.7 Å². The van der Waals surface area contributed by atoms with Crippen molar-refractivity contribution in [2.45, 2.75) is 56.1 Å². The Morgan fingerprint density at radius 1 is 1.43 bits per heavy atom. The highest BCUT2D eigenvalue weighted by Gasteiger charge is 2.18. The summed E-state index contributed by atoms with van der Waals surface area (Å²) in [5.74, 6) is 1.07. The largest absolute Gasteiger partial charge is 0.378 e. The molecule has 1 aromatic rings. The molecule has 0 aromatic heterocycles. The second-order valence-electron chi connectivity index (χ2n) is 5.60. The van der Waals surface area contributed by atoms with Crippen molar-refractivity contribution < 1.29 is 4.74 Å². The van der Waals surface area contributed by atoms with Gasteiger partial charge >= 0.3 is 0 Å². The normalized spacial score (nSPS) is 19.8. The van der Waals surface area contributed by atoms with Crippen molar-refractivity contribution in [2.24, 2.45) is 0 Å². The predicted octanol–water partition coefficient (Wildman–Crippen LogP) is 4.76. The molecule has 1 aliphatic rings. The minimum Gasteiger partial charge on any atom is -0.378 e. The zero-order valence-electron chi connectivity index (χ0n) is 12.8. The van der Waals surface area contributed by atoms with Gasteiger partial charge in [0.05, 0.1) is 11.1 Å². The Bertz CT molecular complexity index is 410. The van der Waals surface area contributed by atoms with Crippen LogP contribution in [0.1, 0.15) is 39.0 Å². The molecule has 1 fully saturated rings. The van der Waals surface area contributed by atoms with Gasteiger partial charge in [-0.3, -0.25) is 0 Å². The SMILES string of the molecule is CCCNC(CCC1CCCO1)CSc1ccccc1Cl. The number of hydrogen-bond donors (Lipinski definition) is 1. The van der Waals surface area contributed by atoms with Crippen LogP contribution in [-0.2, 0) is 4.74 Å². The zero-order chi connectivity index (χ0) is 14.9. The molecule has 1 aliphatic heterocycles. The van der Waals surface area contributed by atoms with Crippen LogP contribution in [0.5, 0.6) is 0 Å². The van der Waals surface area contributed by atoms with Crippen LogP contribution in [0.2, 0.25) is 5.02 Å². The molecule has 2 rings (SSSR count). The molecule has 1 N–H and O–H groups in total. The maximum absolute atomic E-state index is 6.23. The standard InChI is InChI=1S/C17H26ClNOS/c1-2-11-19-14(9-10-15-6-5-12-20-15)13-21-17-8-4-3-7-16(17)18/h3-4,7-8,14-15,19H,2,5-6,9-13H2,1H3. The van der Waals surface area contributed by atoms with Crippen LogP contribution in [0.3, 0.4) is 0 Å². The summed E-state index contributed by atoms with van der Waals surface area (Å²) in [6.07, 6.45) is 6.48. The van der Waals surface area contributed by atoms with E-state index in [-0.39, 0.29) is 0 Å². The second kappa shape index (κ2) is 9.73. The monoisotopic (exact) mass is 327 g/mol. The Labute approximate surface area is 138 Å². The number of benzene rings is 1. The number of hydrogen-bond acceptors (Lipinski definition) is 3. The van der Waals surface area contributed by atoms with Gasteiger partial charge in [-0.2, -0.15) is 0 Å². The first-order valence-electron chi connectivity index (χ1n) is 8.02. The summed E-state index contributed by atoms with van der Waals surface area (Å²) < 4.78 is 5.73. The Morgan fingerprint density at radius 2 is 2.29 bits per heavy atom. The number of halogens is 1. The van der Waals surface area contributed by atoms with Crippen LogP contribution in [0.25, 0.3) is 0 Å². The molecular weight excluding hydrogens is 302 g/mol. The van der Waals surface area contributed by atoms with Crippen molar-refractivity contribution in [3.05, 3.63) is 29.3 Å². The summed E-state index contributed by atoms with van der Waals surface area (Å²) in [6.45, 7) is 4.25. The first-order valence-corrected chi connectivity index (χ1v) is 9.38. The maximum atomic E-state index is 6.23. The minimum atomic E-state index is 0.487. The Kier molecular flexibility index (Phi) is 7.94. The lowest BCUT2D eigenvalue weighted by molar-refractivity contribution is 0.100. The lowest BCUT2D eigenvalue weighted by atomic mass is 10.1. The summed E-state index contributed by atoms with van der Waals surface area (Å²) in [6, 6.07) is 8.64. The van der Waals surface area contributed by atoms with Gasteiger partial charge in [0.1, 0.15) is 0 Å². The zero-order valence-corrected chi connectivity index (χ0v) is 14.4. The topological polar surface area (TPSA) is 21.3 Å². The molecule has 1 saturated heterocycles. The lowest BCUT2D eigenvalue weighted by Gasteiger charge is -2.20. The Morgan fingerprint density at radius 3 is 3.00 bits per heavy atom. The van der Waals surface area contributed by atoms with Crippen molar-refractivity contribution in [2.75, 3.05) is 18.9 Å². The summed E-state index contributed by atoms with van der Waals surface area (Å²) in [5, 5.41) is 4.52. The third kappa shape index (κ3) is 6.19. The van der Waals surface area contributed by atoms with Crippen molar-refractivity contribution in [1.82, 2.24) is 5.32 Å². The molecule has 21 heavy (non-hydrogen) atoms. The average Bonchev–Trinajstić information content (AvgIpc) is 3.01. The predicted molar refractivity (Wildman–Crippen MR) is 92.5 cm³/mol. The van der Waals surface area contributed by atoms with Crippen LogP contribution in [0.15, 0.2) is 29.2 Å². The molecule has 0 bridgehead atoms. The molecule has 2 unspecified atom stereocenters. The van der Waals surface area contributed by atoms with Crippen LogP contribution < -0.4 is 5.32 Å². The van der Waals surface area contributed by atoms with E-state index < -0.39 is 0 Å². The Balaban J connectivity index is 1.79. The molecule has 4 heteroatoms. The van der Waals surface area contributed by atoms with E-state index in [2.05, 4.69) is 24.4 Å². The van der Waals surface area contributed by atoms with E-state index in [1.165, 1.54) is 37.0 Å². The van der Waals surface area contributed by atoms with Crippen LogP contribution in [0, 0.1) is 0 Å². The van der Waals surface area contributed by atoms with Gasteiger partial charge in [-0.25, -0.2) is 0 Å². The van der Waals surface area contributed by atoms with Gasteiger partial charge in [0, 0.05) is 23.3 Å². The molecule has 0 aliphatic carbocycles. The van der Waals surface area contributed by atoms with E-state index in [0.29, 0.717) is 12.1 Å². The molecule has 118 valence electrons. The van der Waals surface area contributed by atoms with Gasteiger partial charge in [0.2, 0.25) is 0 Å². The number of rotatable bonds is 9. The molecular formula is C17H26ClNOS. The van der Waals surface area contributed by atoms with Crippen molar-refractivity contribution in [3.8, 4) is 0 Å². The van der Waals surface area contributed by atoms with Crippen molar-refractivity contribution in [3.63, 3.8) is 0 Å². The fourth-order valence-corrected chi connectivity index (χ4v) is 3.95. The molecule has 1 heterocycles. The van der Waals surface area contributed by atoms with Crippen LogP contribution in [0.4, 0.5) is 0 Å². The smallest absolute Gasteiger partial charge is 0.0576 e. The molecule has 0 radical (unpaired) electrons. The average molecular weight is 328 g/mol. The fourth-order valence-electron chi connectivity index (χ4n) is 2.60. The highest BCUT2D eigenvalue weighted by molar-refractivity contribution is 7.99. The van der Waals surface area contributed by atoms with E-state index in [1.54, 1.807) is 0 Å². The quantitative estimate of drug-likeness (QED) is 0.661. The minimum absolute atomic E-state index is 0.487. The van der Waals surface area contributed by atoms with Crippen LogP contribution >= 0.6 is 23.4 Å². The molecule has 0 amide bonds. The summed E-state index contributed by atoms with van der Waals surface area (Å²) in [5.41, 5.74) is 0. The molecule has 1 aromatic carbocycles. The molecule has 0 spiro atoms. The highest BCUT2D eigenvalue weighted by atomic mass is 35.5. The van der Waals surface area contributed by atoms with Crippen LogP contribution in [-0.4, -0.2) is 31.1 Å². The molecule has 0 saturated carbocycles. The highest BCUT2D eigenvalue weighted by Crippen LogP contribution is 2.28. The van der Waals surface area contributed by atoms with Gasteiger partial charge < -0.3 is 10.1 Å². The van der Waals surface area contributed by atoms with E-state index in [1.807, 2.05) is 23.9 Å². The number of thioether (sulfide) groups is 1. The summed E-state index contributed by atoms with van der Waals surface area (Å²) in [7, 11) is 0.